The Morgan fingerprint density at radius 3 is 1.82 bits per heavy atom. The first kappa shape index (κ1) is 20.1. The quantitative estimate of drug-likeness (QED) is 0.297. The van der Waals surface area contributed by atoms with Gasteiger partial charge in [0.1, 0.15) is 0 Å². The van der Waals surface area contributed by atoms with Crippen LogP contribution in [-0.4, -0.2) is 23.9 Å². The molecule has 0 unspecified atom stereocenters. The number of hydrogen-bond acceptors (Lipinski definition) is 1. The smallest absolute Gasteiger partial charge is 0.195 e. The van der Waals surface area contributed by atoms with Crippen molar-refractivity contribution in [3.63, 3.8) is 0 Å². The van der Waals surface area contributed by atoms with Crippen molar-refractivity contribution in [2.75, 3.05) is 0 Å². The molecule has 1 aromatic rings. The Morgan fingerprint density at radius 1 is 0.955 bits per heavy atom. The summed E-state index contributed by atoms with van der Waals surface area (Å²) < 4.78 is 114. The zero-order chi connectivity index (χ0) is 17.6. The average molecular weight is 533 g/mol. The highest BCUT2D eigenvalue weighted by molar-refractivity contribution is 14.1. The summed E-state index contributed by atoms with van der Waals surface area (Å²) in [7, 11) is 0. The van der Waals surface area contributed by atoms with Crippen molar-refractivity contribution in [2.24, 2.45) is 0 Å². The molecule has 126 valence electrons. The predicted molar refractivity (Wildman–Crippen MR) is 74.9 cm³/mol. The van der Waals surface area contributed by atoms with Gasteiger partial charge in [0.2, 0.25) is 0 Å². The molecule has 0 N–H and O–H groups in total. The summed E-state index contributed by atoms with van der Waals surface area (Å²) in [6.45, 7) is 0. The zero-order valence-electron chi connectivity index (χ0n) is 9.80. The van der Waals surface area contributed by atoms with Crippen LogP contribution in [0.25, 0.3) is 3.58 Å². The molecule has 1 heterocycles. The Kier molecular flexibility index (Phi) is 5.61. The van der Waals surface area contributed by atoms with E-state index in [-0.39, 0.29) is 10.0 Å². The number of thiophene rings is 1. The fourth-order valence-corrected chi connectivity index (χ4v) is 4.09. The minimum atomic E-state index is -6.89. The van der Waals surface area contributed by atoms with E-state index in [0.29, 0.717) is 0 Å². The molecule has 0 saturated heterocycles. The summed E-state index contributed by atoms with van der Waals surface area (Å²) in [6.07, 6.45) is -7.43. The van der Waals surface area contributed by atoms with Gasteiger partial charge in [-0.2, -0.15) is 50.9 Å². The Labute approximate surface area is 143 Å². The summed E-state index contributed by atoms with van der Waals surface area (Å²) in [5.74, 6) is -19.2. The lowest BCUT2D eigenvalue weighted by atomic mass is 10.0. The highest BCUT2D eigenvalue weighted by Crippen LogP contribution is 2.54. The van der Waals surface area contributed by atoms with Crippen molar-refractivity contribution in [2.45, 2.75) is 23.9 Å². The van der Waals surface area contributed by atoms with E-state index < -0.39 is 33.6 Å². The van der Waals surface area contributed by atoms with Crippen LogP contribution in [0.2, 0.25) is 0 Å². The first-order valence-corrected chi connectivity index (χ1v) is 7.77. The molecule has 0 nitrogen and oxygen atoms in total. The Balaban J connectivity index is 3.31. The number of allylic oxidation sites excluding steroid dienone is 1. The maximum absolute atomic E-state index is 13.4. The number of hydrogen-bond donors (Lipinski definition) is 0. The van der Waals surface area contributed by atoms with Crippen LogP contribution in [0.5, 0.6) is 0 Å². The number of rotatable bonds is 4. The van der Waals surface area contributed by atoms with E-state index in [4.69, 9.17) is 0 Å². The van der Waals surface area contributed by atoms with E-state index in [1.807, 2.05) is 0 Å². The van der Waals surface area contributed by atoms with Crippen LogP contribution < -0.4 is 0 Å². The summed E-state index contributed by atoms with van der Waals surface area (Å²) in [4.78, 5) is 0. The van der Waals surface area contributed by atoms with E-state index in [1.165, 1.54) is 10.8 Å². The molecule has 12 heteroatoms. The molecule has 0 aliphatic rings. The van der Waals surface area contributed by atoms with Crippen molar-refractivity contribution in [1.82, 2.24) is 0 Å². The lowest BCUT2D eigenvalue weighted by Crippen LogP contribution is -2.60. The monoisotopic (exact) mass is 532 g/mol. The van der Waals surface area contributed by atoms with E-state index in [9.17, 15) is 39.5 Å². The van der Waals surface area contributed by atoms with Crippen LogP contribution in [-0.2, 0) is 0 Å². The lowest BCUT2D eigenvalue weighted by Gasteiger charge is -2.32. The third-order valence-corrected chi connectivity index (χ3v) is 4.94. The summed E-state index contributed by atoms with van der Waals surface area (Å²) in [5.41, 5.74) is -0.0311. The normalized spacial score (nSPS) is 15.3. The maximum atomic E-state index is 13.4. The van der Waals surface area contributed by atoms with Gasteiger partial charge in [0.05, 0.1) is 0 Å². The van der Waals surface area contributed by atoms with Crippen LogP contribution in [0.4, 0.5) is 39.5 Å². The standard InChI is InChI=1S/C10H3BrF9IS/c11-5-3-22-2-4(5)6(21)1-7(12,13)8(14,15)9(16,17)10(18,19)20/h1-3H/b6-1+. The molecule has 1 rings (SSSR count). The Bertz CT molecular complexity index is 575. The second kappa shape index (κ2) is 6.15. The van der Waals surface area contributed by atoms with Gasteiger partial charge in [-0.15, -0.1) is 0 Å². The molecular formula is C10H3BrF9IS. The molecule has 0 aliphatic carbocycles. The third-order valence-electron chi connectivity index (χ3n) is 2.35. The first-order chi connectivity index (χ1) is 9.65. The molecule has 0 amide bonds. The summed E-state index contributed by atoms with van der Waals surface area (Å²) in [6, 6.07) is 0. The van der Waals surface area contributed by atoms with Crippen molar-refractivity contribution >= 4 is 53.4 Å². The van der Waals surface area contributed by atoms with E-state index in [0.717, 1.165) is 33.9 Å². The van der Waals surface area contributed by atoms with Gasteiger partial charge in [0.15, 0.2) is 0 Å². The lowest BCUT2D eigenvalue weighted by molar-refractivity contribution is -0.388. The van der Waals surface area contributed by atoms with Gasteiger partial charge in [-0.1, -0.05) is 0 Å². The minimum absolute atomic E-state index is 0.0311. The molecule has 22 heavy (non-hydrogen) atoms. The Morgan fingerprint density at radius 2 is 1.45 bits per heavy atom. The largest absolute Gasteiger partial charge is 0.460 e. The number of halogens is 11. The highest BCUT2D eigenvalue weighted by atomic mass is 127. The first-order valence-electron chi connectivity index (χ1n) is 4.95. The van der Waals surface area contributed by atoms with Gasteiger partial charge in [-0.25, -0.2) is 0 Å². The zero-order valence-corrected chi connectivity index (χ0v) is 14.4. The molecule has 0 fully saturated rings. The van der Waals surface area contributed by atoms with Crippen molar-refractivity contribution in [3.05, 3.63) is 26.9 Å². The van der Waals surface area contributed by atoms with Gasteiger partial charge in [-0.05, 0) is 38.5 Å². The molecule has 0 aromatic carbocycles. The van der Waals surface area contributed by atoms with Gasteiger partial charge >= 0.3 is 23.9 Å². The predicted octanol–water partition coefficient (Wildman–Crippen LogP) is 6.75. The molecule has 0 bridgehead atoms. The molecule has 0 aliphatic heterocycles. The van der Waals surface area contributed by atoms with Crippen LogP contribution in [0, 0.1) is 0 Å². The van der Waals surface area contributed by atoms with Crippen molar-refractivity contribution in [3.8, 4) is 0 Å². The molecule has 0 atom stereocenters. The van der Waals surface area contributed by atoms with Crippen LogP contribution in [0.3, 0.4) is 0 Å². The van der Waals surface area contributed by atoms with E-state index in [2.05, 4.69) is 15.9 Å². The fraction of sp³-hybridized carbons (Fsp3) is 0.400. The fourth-order valence-electron chi connectivity index (χ4n) is 1.17. The molecule has 0 radical (unpaired) electrons. The van der Waals surface area contributed by atoms with Crippen LogP contribution >= 0.6 is 49.9 Å². The summed E-state index contributed by atoms with van der Waals surface area (Å²) >= 11 is 5.03. The summed E-state index contributed by atoms with van der Waals surface area (Å²) in [5, 5.41) is 2.63. The van der Waals surface area contributed by atoms with Gasteiger partial charge < -0.3 is 0 Å². The Hall–Kier alpha value is 0.0200. The SMILES string of the molecule is FC(F)(F)C(F)(F)C(F)(F)C(F)(F)/C=C(/I)c1cscc1Br. The van der Waals surface area contributed by atoms with Gasteiger partial charge in [0, 0.05) is 30.5 Å². The van der Waals surface area contributed by atoms with E-state index >= 15 is 0 Å². The molecule has 1 aromatic heterocycles. The number of alkyl halides is 9. The van der Waals surface area contributed by atoms with Gasteiger partial charge in [0.25, 0.3) is 0 Å². The second-order valence-electron chi connectivity index (χ2n) is 3.90. The highest BCUT2D eigenvalue weighted by Gasteiger charge is 2.81. The molecule has 0 saturated carbocycles. The molecular weight excluding hydrogens is 530 g/mol. The molecule has 0 spiro atoms. The average Bonchev–Trinajstić information content (AvgIpc) is 2.72. The van der Waals surface area contributed by atoms with Crippen LogP contribution in [0.1, 0.15) is 5.56 Å². The van der Waals surface area contributed by atoms with Crippen molar-refractivity contribution < 1.29 is 39.5 Å². The topological polar surface area (TPSA) is 0 Å². The third kappa shape index (κ3) is 3.42. The van der Waals surface area contributed by atoms with E-state index in [1.54, 1.807) is 0 Å². The van der Waals surface area contributed by atoms with Crippen molar-refractivity contribution in [1.29, 1.82) is 0 Å². The second-order valence-corrected chi connectivity index (χ2v) is 6.66. The van der Waals surface area contributed by atoms with Gasteiger partial charge in [-0.3, -0.25) is 0 Å². The minimum Gasteiger partial charge on any atom is -0.195 e. The van der Waals surface area contributed by atoms with Crippen LogP contribution in [0.15, 0.2) is 21.3 Å². The maximum Gasteiger partial charge on any atom is 0.460 e.